The molecule has 9 heteroatoms. The Morgan fingerprint density at radius 3 is 2.10 bits per heavy atom. The first-order valence-electron chi connectivity index (χ1n) is 24.1. The predicted molar refractivity (Wildman–Crippen MR) is 295 cm³/mol. The van der Waals surface area contributed by atoms with Gasteiger partial charge >= 0.3 is 5.97 Å². The van der Waals surface area contributed by atoms with Crippen LogP contribution < -0.4 is 4.90 Å². The van der Waals surface area contributed by atoms with Gasteiger partial charge in [-0.1, -0.05) is 167 Å². The van der Waals surface area contributed by atoms with Crippen molar-refractivity contribution in [3.8, 4) is 12.3 Å². The topological polar surface area (TPSA) is 87.1 Å². The molecular weight excluding hydrogens is 957 g/mol. The Hall–Kier alpha value is -8.37. The third-order valence-corrected chi connectivity index (χ3v) is 14.7. The number of benzene rings is 7. The lowest BCUT2D eigenvalue weighted by Crippen LogP contribution is -2.37. The second-order valence-corrected chi connectivity index (χ2v) is 18.8. The summed E-state index contributed by atoms with van der Waals surface area (Å²) < 4.78 is 7.64. The largest absolute Gasteiger partial charge is 0.481 e. The van der Waals surface area contributed by atoms with Gasteiger partial charge in [0.15, 0.2) is 17.9 Å². The number of pyridine rings is 1. The number of ether oxygens (including phenoxy) is 1. The fourth-order valence-electron chi connectivity index (χ4n) is 11.7. The summed E-state index contributed by atoms with van der Waals surface area (Å²) in [6.07, 6.45) is 22.8. The minimum atomic E-state index is -0.902. The number of carboxylic acid groups (broad SMARTS) is 1. The molecule has 3 heterocycles. The van der Waals surface area contributed by atoms with E-state index in [1.54, 1.807) is 0 Å². The maximum Gasteiger partial charge on any atom is 0.309 e. The van der Waals surface area contributed by atoms with Gasteiger partial charge in [0.25, 0.3) is 6.47 Å². The number of nitrogens with zero attached hydrogens (tertiary/aromatic N) is 4. The Morgan fingerprint density at radius 2 is 1.44 bits per heavy atom. The minimum Gasteiger partial charge on any atom is -0.481 e. The van der Waals surface area contributed by atoms with Crippen LogP contribution in [0.5, 0.6) is 0 Å². The molecule has 2 atom stereocenters. The number of terminal acetylenes is 1. The van der Waals surface area contributed by atoms with Crippen LogP contribution in [0.15, 0.2) is 193 Å². The lowest BCUT2D eigenvalue weighted by atomic mass is 9.68. The highest BCUT2D eigenvalue weighted by Crippen LogP contribution is 2.58. The Morgan fingerprint density at radius 1 is 0.792 bits per heavy atom. The highest BCUT2D eigenvalue weighted by molar-refractivity contribution is 9.11. The van der Waals surface area contributed by atoms with E-state index in [0.717, 1.165) is 82.7 Å². The number of aromatic nitrogens is 1. The van der Waals surface area contributed by atoms with Gasteiger partial charge in [-0.05, 0) is 80.0 Å². The van der Waals surface area contributed by atoms with Crippen LogP contribution in [0.4, 0.5) is 17.1 Å². The number of anilines is 1. The molecule has 2 aliphatic rings. The first-order valence-corrected chi connectivity index (χ1v) is 25.0. The van der Waals surface area contributed by atoms with E-state index in [4.69, 9.17) is 22.7 Å². The van der Waals surface area contributed by atoms with Crippen molar-refractivity contribution in [1.29, 1.82) is 0 Å². The summed E-state index contributed by atoms with van der Waals surface area (Å²) in [5, 5.41) is 19.0. The minimum absolute atomic E-state index is 0.103. The molecule has 8 aromatic rings. The Labute approximate surface area is 427 Å². The molecule has 2 unspecified atom stereocenters. The number of hydrogen-bond donors (Lipinski definition) is 1. The number of rotatable bonds is 17. The molecule has 10 rings (SSSR count). The van der Waals surface area contributed by atoms with Crippen molar-refractivity contribution in [1.82, 2.24) is 4.98 Å². The fraction of sp³-hybridized carbons (Fsp3) is 0.159. The number of carboxylic acids is 1. The smallest absolute Gasteiger partial charge is 0.309 e. The van der Waals surface area contributed by atoms with E-state index < -0.39 is 16.8 Å². The van der Waals surface area contributed by atoms with Gasteiger partial charge in [-0.15, -0.1) is 12.3 Å². The van der Waals surface area contributed by atoms with Crippen molar-refractivity contribution < 1.29 is 24.0 Å². The molecule has 0 aliphatic carbocycles. The SMILES string of the molecule is [C-]#[N+]c1cccc(CC2(CC#C)C(/C=C/C=C/C=C3\N(CCOC=O)c4c(c5ccccc5c5ccccc45)C3(C/C=C/Br)Cc3ccccn3)=[N+](CCC(=O)O)c3c2c2ccccc2c2ccccc32)c1. The maximum atomic E-state index is 12.5. The Bertz CT molecular complexity index is 3690. The van der Waals surface area contributed by atoms with E-state index in [1.165, 1.54) is 5.56 Å². The average molecular weight is 1010 g/mol. The van der Waals surface area contributed by atoms with Gasteiger partial charge in [0, 0.05) is 47.3 Å². The zero-order chi connectivity index (χ0) is 49.7. The standard InChI is InChI=1S/C63H49BrN4O4/c1-3-33-62(41-44-19-17-21-45(40-44)65-2)55(67(37-32-57(70)71)60-53-28-13-9-24-49(53)47-22-7-11-26-51(47)58(60)62)30-5-4-6-31-56-63(34-18-35-64,42-46-20-15-16-36-66-46)59-52-27-12-8-23-48(52)50-25-10-14-29-54(50)61(59)68(56)38-39-72-43-69/h1,4-31,35-36,40,43H,32-34,37-39,41-42H2/p+1/b35-18+. The molecule has 0 radical (unpaired) electrons. The molecule has 0 saturated heterocycles. The Kier molecular flexibility index (Phi) is 13.5. The van der Waals surface area contributed by atoms with E-state index in [2.05, 4.69) is 145 Å². The molecule has 72 heavy (non-hydrogen) atoms. The third-order valence-electron chi connectivity index (χ3n) is 14.4. The third kappa shape index (κ3) is 8.36. The van der Waals surface area contributed by atoms with Crippen LogP contribution in [-0.4, -0.2) is 52.5 Å². The van der Waals surface area contributed by atoms with Crippen LogP contribution in [-0.2, 0) is 38.0 Å². The number of carbonyl (C=O) groups excluding carboxylic acids is 1. The van der Waals surface area contributed by atoms with Crippen LogP contribution in [0, 0.1) is 18.9 Å². The molecular formula is C63H50BrN4O4+. The fourth-order valence-corrected chi connectivity index (χ4v) is 11.9. The van der Waals surface area contributed by atoms with Crippen LogP contribution >= 0.6 is 15.9 Å². The number of aliphatic carboxylic acids is 1. The zero-order valence-corrected chi connectivity index (χ0v) is 41.1. The monoisotopic (exact) mass is 1010 g/mol. The van der Waals surface area contributed by atoms with E-state index in [-0.39, 0.29) is 19.6 Å². The first kappa shape index (κ1) is 47.3. The van der Waals surface area contributed by atoms with Gasteiger partial charge in [0.05, 0.1) is 29.8 Å². The van der Waals surface area contributed by atoms with Crippen molar-refractivity contribution in [2.24, 2.45) is 0 Å². The highest BCUT2D eigenvalue weighted by atomic mass is 79.9. The molecule has 1 N–H and O–H groups in total. The predicted octanol–water partition coefficient (Wildman–Crippen LogP) is 13.8. The number of allylic oxidation sites excluding steroid dienone is 7. The first-order chi connectivity index (χ1) is 35.4. The van der Waals surface area contributed by atoms with E-state index in [0.29, 0.717) is 44.4 Å². The lowest BCUT2D eigenvalue weighted by molar-refractivity contribution is -0.435. The number of fused-ring (bicyclic) bond motifs is 12. The molecule has 0 bridgehead atoms. The molecule has 0 saturated carbocycles. The quantitative estimate of drug-likeness (QED) is 0.0186. The van der Waals surface area contributed by atoms with Crippen LogP contribution in [0.25, 0.3) is 47.9 Å². The van der Waals surface area contributed by atoms with Crippen molar-refractivity contribution in [2.45, 2.75) is 42.9 Å². The highest BCUT2D eigenvalue weighted by Gasteiger charge is 2.53. The number of halogens is 1. The van der Waals surface area contributed by atoms with Crippen molar-refractivity contribution in [3.05, 3.63) is 227 Å². The maximum absolute atomic E-state index is 12.5. The summed E-state index contributed by atoms with van der Waals surface area (Å²) in [4.78, 5) is 37.2. The summed E-state index contributed by atoms with van der Waals surface area (Å²) in [6.45, 7) is 9.17. The normalized spacial score (nSPS) is 18.0. The lowest BCUT2D eigenvalue weighted by Gasteiger charge is -2.33. The summed E-state index contributed by atoms with van der Waals surface area (Å²) in [6, 6.07) is 47.6. The molecule has 0 spiro atoms. The second-order valence-electron chi connectivity index (χ2n) is 18.3. The molecule has 0 amide bonds. The van der Waals surface area contributed by atoms with E-state index >= 15 is 0 Å². The van der Waals surface area contributed by atoms with Gasteiger partial charge in [-0.25, -0.2) is 4.85 Å². The van der Waals surface area contributed by atoms with Gasteiger partial charge in [0.1, 0.15) is 18.4 Å². The number of hydrogen-bond acceptors (Lipinski definition) is 5. The van der Waals surface area contributed by atoms with E-state index in [9.17, 15) is 14.7 Å². The van der Waals surface area contributed by atoms with Crippen molar-refractivity contribution in [2.75, 3.05) is 24.6 Å². The Balaban J connectivity index is 1.20. The van der Waals surface area contributed by atoms with Gasteiger partial charge in [0.2, 0.25) is 5.69 Å². The second kappa shape index (κ2) is 20.5. The molecule has 352 valence electrons. The zero-order valence-electron chi connectivity index (χ0n) is 39.5. The molecule has 8 nitrogen and oxygen atoms in total. The van der Waals surface area contributed by atoms with Gasteiger partial charge in [-0.2, -0.15) is 4.58 Å². The summed E-state index contributed by atoms with van der Waals surface area (Å²) >= 11 is 3.62. The van der Waals surface area contributed by atoms with Crippen LogP contribution in [0.3, 0.4) is 0 Å². The summed E-state index contributed by atoms with van der Waals surface area (Å²) in [5.41, 5.74) is 7.14. The van der Waals surface area contributed by atoms with Gasteiger partial charge < -0.3 is 14.7 Å². The van der Waals surface area contributed by atoms with Crippen molar-refractivity contribution in [3.63, 3.8) is 0 Å². The van der Waals surface area contributed by atoms with Gasteiger partial charge in [-0.3, -0.25) is 14.6 Å². The molecule has 2 aliphatic heterocycles. The van der Waals surface area contributed by atoms with Crippen molar-refractivity contribution >= 4 is 94.2 Å². The van der Waals surface area contributed by atoms with E-state index in [1.807, 2.05) is 77.9 Å². The number of carbonyl (C=O) groups is 2. The molecule has 7 aromatic carbocycles. The molecule has 1 aromatic heterocycles. The van der Waals surface area contributed by atoms with Crippen LogP contribution in [0.2, 0.25) is 0 Å². The average Bonchev–Trinajstić information content (AvgIpc) is 3.83. The summed E-state index contributed by atoms with van der Waals surface area (Å²) in [7, 11) is 0. The van der Waals surface area contributed by atoms with Crippen LogP contribution in [0.1, 0.15) is 41.6 Å². The summed E-state index contributed by atoms with van der Waals surface area (Å²) in [5.74, 6) is 2.17. The molecule has 0 fully saturated rings.